The van der Waals surface area contributed by atoms with Crippen LogP contribution < -0.4 is 20.3 Å². The number of hydrogen-bond donors (Lipinski definition) is 2. The van der Waals surface area contributed by atoms with Crippen molar-refractivity contribution in [2.24, 2.45) is 0 Å². The Balaban J connectivity index is 1.58. The van der Waals surface area contributed by atoms with E-state index in [-0.39, 0.29) is 6.03 Å². The fourth-order valence-corrected chi connectivity index (χ4v) is 4.39. The van der Waals surface area contributed by atoms with Crippen LogP contribution in [0.4, 0.5) is 26.7 Å². The van der Waals surface area contributed by atoms with Crippen LogP contribution in [0.1, 0.15) is 26.3 Å². The van der Waals surface area contributed by atoms with Gasteiger partial charge in [-0.05, 0) is 80.9 Å². The Hall–Kier alpha value is -3.48. The van der Waals surface area contributed by atoms with E-state index in [0.29, 0.717) is 32.9 Å². The zero-order valence-corrected chi connectivity index (χ0v) is 20.4. The summed E-state index contributed by atoms with van der Waals surface area (Å²) in [6.07, 6.45) is 1.36. The average molecular weight is 496 g/mol. The molecule has 0 atom stereocenters. The number of amides is 3. The van der Waals surface area contributed by atoms with Gasteiger partial charge in [-0.25, -0.2) is 9.59 Å². The van der Waals surface area contributed by atoms with Crippen LogP contribution in [0, 0.1) is 0 Å². The Morgan fingerprint density at radius 2 is 1.50 bits per heavy atom. The highest BCUT2D eigenvalue weighted by Gasteiger charge is 2.36. The molecule has 3 amide bonds. The van der Waals surface area contributed by atoms with Crippen molar-refractivity contribution in [3.63, 3.8) is 0 Å². The molecule has 0 radical (unpaired) electrons. The van der Waals surface area contributed by atoms with Gasteiger partial charge in [0.15, 0.2) is 0 Å². The summed E-state index contributed by atoms with van der Waals surface area (Å²) in [7, 11) is 0. The van der Waals surface area contributed by atoms with Crippen molar-refractivity contribution in [2.75, 3.05) is 15.5 Å². The molecule has 1 aliphatic heterocycles. The third-order valence-electron chi connectivity index (χ3n) is 5.34. The second kappa shape index (κ2) is 9.41. The minimum absolute atomic E-state index is 0.301. The molecule has 0 saturated carbocycles. The zero-order valence-electron chi connectivity index (χ0n) is 18.9. The molecule has 1 heterocycles. The number of halogens is 2. The maximum Gasteiger partial charge on any atom is 0.417 e. The summed E-state index contributed by atoms with van der Waals surface area (Å²) in [6, 6.07) is 18.6. The molecule has 3 aromatic carbocycles. The first-order valence-corrected chi connectivity index (χ1v) is 11.3. The molecule has 174 valence electrons. The van der Waals surface area contributed by atoms with Crippen LogP contribution in [0.15, 0.2) is 72.8 Å². The highest BCUT2D eigenvalue weighted by molar-refractivity contribution is 6.31. The third kappa shape index (κ3) is 5.19. The Labute approximate surface area is 208 Å². The number of anilines is 3. The molecule has 0 unspecified atom stereocenters. The summed E-state index contributed by atoms with van der Waals surface area (Å²) in [5.74, 6) is 0.348. The van der Waals surface area contributed by atoms with Crippen molar-refractivity contribution in [1.29, 1.82) is 0 Å². The molecular formula is C26H23Cl2N3O3. The van der Waals surface area contributed by atoms with E-state index in [9.17, 15) is 9.59 Å². The van der Waals surface area contributed by atoms with E-state index >= 15 is 0 Å². The number of nitrogens with zero attached hydrogens (tertiary/aromatic N) is 1. The van der Waals surface area contributed by atoms with Crippen molar-refractivity contribution < 1.29 is 14.3 Å². The number of allylic oxidation sites excluding steroid dienone is 1. The van der Waals surface area contributed by atoms with E-state index < -0.39 is 11.6 Å². The highest BCUT2D eigenvalue weighted by Crippen LogP contribution is 2.41. The van der Waals surface area contributed by atoms with Crippen molar-refractivity contribution in [2.45, 2.75) is 26.3 Å². The highest BCUT2D eigenvalue weighted by atomic mass is 35.5. The molecule has 0 spiro atoms. The van der Waals surface area contributed by atoms with Gasteiger partial charge in [-0.3, -0.25) is 10.2 Å². The molecule has 6 nitrogen and oxygen atoms in total. The lowest BCUT2D eigenvalue weighted by Crippen LogP contribution is -2.50. The molecule has 8 heteroatoms. The topological polar surface area (TPSA) is 70.7 Å². The van der Waals surface area contributed by atoms with Gasteiger partial charge in [0.1, 0.15) is 5.75 Å². The van der Waals surface area contributed by atoms with Crippen molar-refractivity contribution in [3.8, 4) is 5.75 Å². The number of ether oxygens (including phenoxy) is 1. The first-order chi connectivity index (χ1) is 16.1. The molecule has 0 aliphatic carbocycles. The van der Waals surface area contributed by atoms with Crippen LogP contribution in [0.5, 0.6) is 5.75 Å². The predicted molar refractivity (Wildman–Crippen MR) is 138 cm³/mol. The molecular weight excluding hydrogens is 473 g/mol. The lowest BCUT2D eigenvalue weighted by Gasteiger charge is -2.41. The normalized spacial score (nSPS) is 14.0. The first kappa shape index (κ1) is 23.7. The van der Waals surface area contributed by atoms with Gasteiger partial charge in [0.05, 0.1) is 11.2 Å². The van der Waals surface area contributed by atoms with Gasteiger partial charge in [-0.1, -0.05) is 41.4 Å². The van der Waals surface area contributed by atoms with Crippen LogP contribution >= 0.6 is 23.2 Å². The number of rotatable bonds is 3. The Kier molecular flexibility index (Phi) is 6.55. The molecule has 34 heavy (non-hydrogen) atoms. The number of carbonyl (C=O) groups is 2. The van der Waals surface area contributed by atoms with E-state index in [1.807, 2.05) is 26.8 Å². The number of benzene rings is 3. The monoisotopic (exact) mass is 495 g/mol. The average Bonchev–Trinajstić information content (AvgIpc) is 2.73. The summed E-state index contributed by atoms with van der Waals surface area (Å²) < 4.78 is 5.48. The Morgan fingerprint density at radius 1 is 0.882 bits per heavy atom. The second-order valence-corrected chi connectivity index (χ2v) is 9.33. The Morgan fingerprint density at radius 3 is 2.12 bits per heavy atom. The Bertz CT molecular complexity index is 1300. The maximum absolute atomic E-state index is 13.3. The minimum atomic E-state index is -0.643. The summed E-state index contributed by atoms with van der Waals surface area (Å²) in [6.45, 7) is 5.88. The van der Waals surface area contributed by atoms with E-state index in [0.717, 1.165) is 11.1 Å². The minimum Gasteiger partial charge on any atom is -0.410 e. The first-order valence-electron chi connectivity index (χ1n) is 10.6. The van der Waals surface area contributed by atoms with Gasteiger partial charge in [0, 0.05) is 27.0 Å². The molecule has 4 rings (SSSR count). The summed E-state index contributed by atoms with van der Waals surface area (Å²) in [5, 5.41) is 6.60. The molecule has 0 bridgehead atoms. The number of urea groups is 1. The number of carbonyl (C=O) groups excluding carboxylic acids is 2. The lowest BCUT2D eigenvalue weighted by atomic mass is 9.89. The van der Waals surface area contributed by atoms with Gasteiger partial charge in [0.2, 0.25) is 0 Å². The van der Waals surface area contributed by atoms with Gasteiger partial charge >= 0.3 is 12.1 Å². The summed E-state index contributed by atoms with van der Waals surface area (Å²) in [4.78, 5) is 27.3. The molecule has 0 saturated heterocycles. The van der Waals surface area contributed by atoms with Gasteiger partial charge in [-0.2, -0.15) is 0 Å². The van der Waals surface area contributed by atoms with Gasteiger partial charge < -0.3 is 10.1 Å². The van der Waals surface area contributed by atoms with Crippen LogP contribution in [0.25, 0.3) is 5.57 Å². The number of hydrogen-bond acceptors (Lipinski definition) is 3. The van der Waals surface area contributed by atoms with E-state index in [2.05, 4.69) is 10.6 Å². The fraction of sp³-hybridized carbons (Fsp3) is 0.154. The largest absolute Gasteiger partial charge is 0.417 e. The lowest BCUT2D eigenvalue weighted by molar-refractivity contribution is 0.215. The number of nitrogens with one attached hydrogen (secondary N) is 2. The smallest absolute Gasteiger partial charge is 0.410 e. The fourth-order valence-electron chi connectivity index (χ4n) is 4.01. The van der Waals surface area contributed by atoms with Crippen LogP contribution in [-0.4, -0.2) is 17.7 Å². The van der Waals surface area contributed by atoms with Crippen molar-refractivity contribution >= 4 is 58.0 Å². The maximum atomic E-state index is 13.3. The van der Waals surface area contributed by atoms with E-state index in [1.54, 1.807) is 71.6 Å². The molecule has 0 fully saturated rings. The van der Waals surface area contributed by atoms with Crippen LogP contribution in [0.3, 0.4) is 0 Å². The van der Waals surface area contributed by atoms with Crippen molar-refractivity contribution in [3.05, 3.63) is 88.4 Å². The summed E-state index contributed by atoms with van der Waals surface area (Å²) >= 11 is 12.0. The quantitative estimate of drug-likeness (QED) is 0.388. The van der Waals surface area contributed by atoms with Gasteiger partial charge in [0.25, 0.3) is 0 Å². The van der Waals surface area contributed by atoms with Crippen LogP contribution in [-0.2, 0) is 0 Å². The standard InChI is InChI=1S/C26H23Cl2N3O3/c1-16-15-26(2,3)31(24(32)29-19-8-4-6-17(27)12-19)23-11-10-21(14-22(16)23)34-25(33)30-20-9-5-7-18(28)13-20/h4-15H,1-3H3,(H,29,32)(H,30,33). The molecule has 1 aliphatic rings. The third-order valence-corrected chi connectivity index (χ3v) is 5.81. The molecule has 0 aromatic heterocycles. The second-order valence-electron chi connectivity index (χ2n) is 8.46. The number of fused-ring (bicyclic) bond motifs is 1. The molecule has 3 aromatic rings. The van der Waals surface area contributed by atoms with Crippen molar-refractivity contribution in [1.82, 2.24) is 0 Å². The van der Waals surface area contributed by atoms with E-state index in [1.165, 1.54) is 0 Å². The van der Waals surface area contributed by atoms with E-state index in [4.69, 9.17) is 27.9 Å². The van der Waals surface area contributed by atoms with Crippen LogP contribution in [0.2, 0.25) is 10.0 Å². The molecule has 2 N–H and O–H groups in total. The zero-order chi connectivity index (χ0) is 24.5. The van der Waals surface area contributed by atoms with Gasteiger partial charge in [-0.15, -0.1) is 0 Å². The SMILES string of the molecule is CC1=CC(C)(C)N(C(=O)Nc2cccc(Cl)c2)c2ccc(OC(=O)Nc3cccc(Cl)c3)cc21. The predicted octanol–water partition coefficient (Wildman–Crippen LogP) is 7.84. The summed E-state index contributed by atoms with van der Waals surface area (Å²) in [5.41, 5.74) is 2.98.